The normalized spacial score (nSPS) is 26.8. The third kappa shape index (κ3) is 7.49. The van der Waals surface area contributed by atoms with E-state index in [0.29, 0.717) is 6.04 Å². The van der Waals surface area contributed by atoms with Gasteiger partial charge in [-0.1, -0.05) is 0 Å². The minimum absolute atomic E-state index is 0.234. The third-order valence-corrected chi connectivity index (χ3v) is 6.91. The zero-order chi connectivity index (χ0) is 21.7. The lowest BCUT2D eigenvalue weighted by Gasteiger charge is -2.39. The fourth-order valence-corrected chi connectivity index (χ4v) is 4.98. The second-order valence-corrected chi connectivity index (χ2v) is 10.6. The third-order valence-electron chi connectivity index (χ3n) is 6.91. The van der Waals surface area contributed by atoms with Gasteiger partial charge in [0.05, 0.1) is 17.8 Å². The summed E-state index contributed by atoms with van der Waals surface area (Å²) in [7, 11) is 2.24. The monoisotopic (exact) mass is 422 g/mol. The Morgan fingerprint density at radius 3 is 2.40 bits per heavy atom. The van der Waals surface area contributed by atoms with Crippen molar-refractivity contribution in [2.45, 2.75) is 77.2 Å². The lowest BCUT2D eigenvalue weighted by atomic mass is 10.0. The number of likely N-dealkylation sites (tertiary alicyclic amines) is 1. The van der Waals surface area contributed by atoms with E-state index in [1.165, 1.54) is 31.6 Å². The molecular weight excluding hydrogens is 376 g/mol. The molecule has 0 radical (unpaired) electrons. The van der Waals surface area contributed by atoms with Gasteiger partial charge in [0.15, 0.2) is 0 Å². The highest BCUT2D eigenvalue weighted by Gasteiger charge is 2.29. The van der Waals surface area contributed by atoms with Crippen molar-refractivity contribution in [2.75, 3.05) is 66.0 Å². The Balaban J connectivity index is 1.72. The number of rotatable bonds is 6. The Bertz CT molecular complexity index is 552. The number of hydrogen-bond donors (Lipinski definition) is 1. The second kappa shape index (κ2) is 10.8. The molecule has 6 nitrogen and oxygen atoms in total. The number of piperidine rings is 1. The van der Waals surface area contributed by atoms with Crippen molar-refractivity contribution in [2.24, 2.45) is 0 Å². The minimum atomic E-state index is -0.615. The topological polar surface area (TPSA) is 42.4 Å². The molecule has 0 bridgehead atoms. The summed E-state index contributed by atoms with van der Waals surface area (Å²) in [5.41, 5.74) is 0.809. The zero-order valence-corrected chi connectivity index (χ0v) is 20.1. The average molecular weight is 423 g/mol. The van der Waals surface area contributed by atoms with E-state index < -0.39 is 5.60 Å². The molecule has 0 aromatic rings. The van der Waals surface area contributed by atoms with Gasteiger partial charge in [0.25, 0.3) is 0 Å². The first-order chi connectivity index (χ1) is 14.2. The van der Waals surface area contributed by atoms with Crippen LogP contribution in [0.4, 0.5) is 0 Å². The summed E-state index contributed by atoms with van der Waals surface area (Å²) >= 11 is 0. The van der Waals surface area contributed by atoms with Crippen LogP contribution in [0.3, 0.4) is 0 Å². The molecule has 0 saturated carbocycles. The first kappa shape index (κ1) is 24.0. The standard InChI is InChI=1S/C24H46N4O2/c1-20(2)30-23-8-12-27-16-17-28(21-6-10-25(5)11-7-21)15-14-26(19-22(27)18-23)13-9-24(3,4)29/h18,20-21,23,29H,6-17,19H2,1-5H3. The van der Waals surface area contributed by atoms with E-state index in [1.54, 1.807) is 0 Å². The summed E-state index contributed by atoms with van der Waals surface area (Å²) in [5.74, 6) is 0. The molecule has 3 rings (SSSR count). The molecule has 0 amide bonds. The van der Waals surface area contributed by atoms with E-state index in [1.807, 2.05) is 13.8 Å². The van der Waals surface area contributed by atoms with Gasteiger partial charge >= 0.3 is 0 Å². The molecule has 2 fully saturated rings. The van der Waals surface area contributed by atoms with Gasteiger partial charge in [0.2, 0.25) is 0 Å². The van der Waals surface area contributed by atoms with Gasteiger partial charge in [-0.15, -0.1) is 0 Å². The molecule has 1 unspecified atom stereocenters. The molecule has 0 aromatic carbocycles. The molecule has 6 heteroatoms. The van der Waals surface area contributed by atoms with Crippen LogP contribution < -0.4 is 0 Å². The Kier molecular flexibility index (Phi) is 8.62. The Labute approximate surface area is 184 Å². The number of nitrogens with zero attached hydrogens (tertiary/aromatic N) is 4. The maximum atomic E-state index is 10.3. The van der Waals surface area contributed by atoms with Crippen molar-refractivity contribution in [3.63, 3.8) is 0 Å². The van der Waals surface area contributed by atoms with E-state index in [2.05, 4.69) is 46.6 Å². The Morgan fingerprint density at radius 1 is 1.03 bits per heavy atom. The van der Waals surface area contributed by atoms with Crippen LogP contribution in [0.15, 0.2) is 11.8 Å². The first-order valence-electron chi connectivity index (χ1n) is 12.2. The molecule has 2 saturated heterocycles. The van der Waals surface area contributed by atoms with E-state index in [9.17, 15) is 5.11 Å². The number of ether oxygens (including phenoxy) is 1. The van der Waals surface area contributed by atoms with Crippen molar-refractivity contribution >= 4 is 0 Å². The van der Waals surface area contributed by atoms with Crippen LogP contribution in [0, 0.1) is 0 Å². The zero-order valence-electron chi connectivity index (χ0n) is 20.1. The average Bonchev–Trinajstić information content (AvgIpc) is 2.75. The number of fused-ring (bicyclic) bond motifs is 1. The smallest absolute Gasteiger partial charge is 0.0796 e. The molecular formula is C24H46N4O2. The maximum Gasteiger partial charge on any atom is 0.0796 e. The van der Waals surface area contributed by atoms with Crippen LogP contribution >= 0.6 is 0 Å². The van der Waals surface area contributed by atoms with Crippen molar-refractivity contribution in [3.8, 4) is 0 Å². The SMILES string of the molecule is CC(C)OC1C=C2CN(CCC(C)(C)O)CCN(C3CCN(C)CC3)CCN2CC1. The van der Waals surface area contributed by atoms with Crippen molar-refractivity contribution in [1.29, 1.82) is 0 Å². The van der Waals surface area contributed by atoms with Crippen LogP contribution in [0.2, 0.25) is 0 Å². The van der Waals surface area contributed by atoms with Gasteiger partial charge in [-0.25, -0.2) is 0 Å². The Morgan fingerprint density at radius 2 is 1.73 bits per heavy atom. The van der Waals surface area contributed by atoms with Gasteiger partial charge in [-0.05, 0) is 79.6 Å². The summed E-state index contributed by atoms with van der Waals surface area (Å²) in [6.45, 7) is 18.0. The van der Waals surface area contributed by atoms with E-state index in [0.717, 1.165) is 58.7 Å². The summed E-state index contributed by atoms with van der Waals surface area (Å²) in [6, 6.07) is 0.713. The highest BCUT2D eigenvalue weighted by molar-refractivity contribution is 5.12. The van der Waals surface area contributed by atoms with E-state index in [-0.39, 0.29) is 12.2 Å². The molecule has 30 heavy (non-hydrogen) atoms. The van der Waals surface area contributed by atoms with Crippen molar-refractivity contribution in [1.82, 2.24) is 19.6 Å². The van der Waals surface area contributed by atoms with E-state index >= 15 is 0 Å². The minimum Gasteiger partial charge on any atom is -0.390 e. The summed E-state index contributed by atoms with van der Waals surface area (Å²) in [4.78, 5) is 10.4. The molecule has 0 aliphatic carbocycles. The summed E-state index contributed by atoms with van der Waals surface area (Å²) in [5, 5.41) is 10.3. The molecule has 3 aliphatic rings. The first-order valence-corrected chi connectivity index (χ1v) is 12.2. The Hall–Kier alpha value is -0.660. The molecule has 1 N–H and O–H groups in total. The molecule has 0 spiro atoms. The highest BCUT2D eigenvalue weighted by atomic mass is 16.5. The van der Waals surface area contributed by atoms with Gasteiger partial charge in [0, 0.05) is 57.6 Å². The lowest BCUT2D eigenvalue weighted by molar-refractivity contribution is 0.0176. The highest BCUT2D eigenvalue weighted by Crippen LogP contribution is 2.23. The number of aliphatic hydroxyl groups is 1. The fourth-order valence-electron chi connectivity index (χ4n) is 4.98. The lowest BCUT2D eigenvalue weighted by Crippen LogP contribution is -2.48. The van der Waals surface area contributed by atoms with Crippen LogP contribution in [-0.2, 0) is 4.74 Å². The molecule has 0 aromatic heterocycles. The maximum absolute atomic E-state index is 10.3. The van der Waals surface area contributed by atoms with Gasteiger partial charge in [-0.2, -0.15) is 0 Å². The van der Waals surface area contributed by atoms with Crippen LogP contribution in [0.25, 0.3) is 0 Å². The molecule has 3 aliphatic heterocycles. The molecule has 174 valence electrons. The van der Waals surface area contributed by atoms with Gasteiger partial charge < -0.3 is 19.6 Å². The van der Waals surface area contributed by atoms with Crippen molar-refractivity contribution < 1.29 is 9.84 Å². The van der Waals surface area contributed by atoms with Crippen LogP contribution in [0.5, 0.6) is 0 Å². The van der Waals surface area contributed by atoms with Gasteiger partial charge in [0.1, 0.15) is 0 Å². The number of hydrogen-bond acceptors (Lipinski definition) is 6. The second-order valence-electron chi connectivity index (χ2n) is 10.6. The van der Waals surface area contributed by atoms with Crippen LogP contribution in [-0.4, -0.2) is 115 Å². The fraction of sp³-hybridized carbons (Fsp3) is 0.917. The molecule has 1 atom stereocenters. The largest absolute Gasteiger partial charge is 0.390 e. The van der Waals surface area contributed by atoms with Gasteiger partial charge in [-0.3, -0.25) is 9.80 Å². The molecule has 3 heterocycles. The summed E-state index contributed by atoms with van der Waals surface area (Å²) < 4.78 is 6.14. The van der Waals surface area contributed by atoms with Crippen molar-refractivity contribution in [3.05, 3.63) is 11.8 Å². The quantitative estimate of drug-likeness (QED) is 0.708. The summed E-state index contributed by atoms with van der Waals surface area (Å²) in [6.07, 6.45) is 7.34. The van der Waals surface area contributed by atoms with E-state index in [4.69, 9.17) is 4.74 Å². The predicted octanol–water partition coefficient (Wildman–Crippen LogP) is 2.24. The predicted molar refractivity (Wildman–Crippen MR) is 124 cm³/mol. The van der Waals surface area contributed by atoms with Crippen LogP contribution in [0.1, 0.15) is 53.4 Å².